The number of hydrogen-bond acceptors (Lipinski definition) is 5. The molecular weight excluding hydrogens is 356 g/mol. The predicted molar refractivity (Wildman–Crippen MR) is 96.7 cm³/mol. The van der Waals surface area contributed by atoms with Crippen molar-refractivity contribution in [3.05, 3.63) is 29.8 Å². The number of carboxylic acids is 2. The van der Waals surface area contributed by atoms with Gasteiger partial charge in [0.1, 0.15) is 11.8 Å². The molecule has 9 heteroatoms. The van der Waals surface area contributed by atoms with Gasteiger partial charge in [-0.25, -0.2) is 14.4 Å². The molecule has 0 saturated heterocycles. The maximum absolute atomic E-state index is 12.5. The summed E-state index contributed by atoms with van der Waals surface area (Å²) in [5.74, 6) is -2.12. The van der Waals surface area contributed by atoms with Gasteiger partial charge in [0.25, 0.3) is 0 Å². The topological polar surface area (TPSA) is 136 Å². The van der Waals surface area contributed by atoms with Crippen LogP contribution in [0, 0.1) is 5.92 Å². The average Bonchev–Trinajstić information content (AvgIpc) is 2.59. The monoisotopic (exact) mass is 382 g/mol. The van der Waals surface area contributed by atoms with Crippen LogP contribution in [0.15, 0.2) is 24.3 Å². The summed E-state index contributed by atoms with van der Waals surface area (Å²) in [5.41, 5.74) is 0.656. The van der Waals surface area contributed by atoms with Crippen molar-refractivity contribution < 1.29 is 34.4 Å². The van der Waals surface area contributed by atoms with Gasteiger partial charge in [0.05, 0.1) is 13.7 Å². The number of amides is 2. The molecule has 0 bridgehead atoms. The molecular formula is C18H26N2O7. The van der Waals surface area contributed by atoms with Gasteiger partial charge in [0.15, 0.2) is 6.10 Å². The minimum Gasteiger partial charge on any atom is -0.497 e. The number of hydrogen-bond donors (Lipinski definition) is 4. The van der Waals surface area contributed by atoms with E-state index in [4.69, 9.17) is 9.84 Å². The molecule has 1 rings (SSSR count). The fourth-order valence-electron chi connectivity index (χ4n) is 2.44. The van der Waals surface area contributed by atoms with Gasteiger partial charge in [0, 0.05) is 13.0 Å². The van der Waals surface area contributed by atoms with E-state index < -0.39 is 36.7 Å². The number of aliphatic carboxylic acids is 2. The van der Waals surface area contributed by atoms with Crippen molar-refractivity contribution in [2.45, 2.75) is 32.4 Å². The molecule has 0 spiro atoms. The van der Waals surface area contributed by atoms with Crippen LogP contribution in [0.4, 0.5) is 4.79 Å². The van der Waals surface area contributed by atoms with Gasteiger partial charge < -0.3 is 30.3 Å². The van der Waals surface area contributed by atoms with Crippen molar-refractivity contribution in [3.63, 3.8) is 0 Å². The summed E-state index contributed by atoms with van der Waals surface area (Å²) in [7, 11) is 1.49. The molecule has 27 heavy (non-hydrogen) atoms. The fourth-order valence-corrected chi connectivity index (χ4v) is 2.44. The second-order valence-electron chi connectivity index (χ2n) is 6.55. The zero-order valence-electron chi connectivity index (χ0n) is 15.6. The number of aliphatic hydroxyl groups is 1. The van der Waals surface area contributed by atoms with Crippen LogP contribution in [0.25, 0.3) is 0 Å². The van der Waals surface area contributed by atoms with Gasteiger partial charge in [-0.2, -0.15) is 0 Å². The van der Waals surface area contributed by atoms with E-state index in [1.165, 1.54) is 7.11 Å². The number of benzene rings is 1. The second kappa shape index (κ2) is 10.4. The highest BCUT2D eigenvalue weighted by molar-refractivity contribution is 5.83. The molecule has 0 fully saturated rings. The average molecular weight is 382 g/mol. The van der Waals surface area contributed by atoms with Gasteiger partial charge in [-0.15, -0.1) is 0 Å². The zero-order chi connectivity index (χ0) is 20.6. The number of nitrogens with zero attached hydrogens (tertiary/aromatic N) is 1. The first-order valence-electron chi connectivity index (χ1n) is 8.46. The van der Waals surface area contributed by atoms with E-state index in [2.05, 4.69) is 5.32 Å². The first-order chi connectivity index (χ1) is 12.6. The molecule has 0 heterocycles. The largest absolute Gasteiger partial charge is 0.497 e. The molecule has 2 atom stereocenters. The molecule has 0 aliphatic carbocycles. The summed E-state index contributed by atoms with van der Waals surface area (Å²) >= 11 is 0. The summed E-state index contributed by atoms with van der Waals surface area (Å²) in [4.78, 5) is 36.0. The molecule has 1 aromatic rings. The molecule has 0 saturated carbocycles. The number of nitrogens with one attached hydrogen (secondary N) is 1. The summed E-state index contributed by atoms with van der Waals surface area (Å²) in [5, 5.41) is 30.2. The van der Waals surface area contributed by atoms with Crippen LogP contribution in [0.1, 0.15) is 19.4 Å². The quantitative estimate of drug-likeness (QED) is 0.470. The van der Waals surface area contributed by atoms with Crippen LogP contribution in [0.2, 0.25) is 0 Å². The maximum Gasteiger partial charge on any atom is 0.334 e. The van der Waals surface area contributed by atoms with E-state index in [0.717, 1.165) is 4.90 Å². The Kier molecular flexibility index (Phi) is 8.53. The van der Waals surface area contributed by atoms with Gasteiger partial charge in [-0.3, -0.25) is 0 Å². The molecule has 9 nitrogen and oxygen atoms in total. The smallest absolute Gasteiger partial charge is 0.334 e. The lowest BCUT2D eigenvalue weighted by Gasteiger charge is -2.27. The summed E-state index contributed by atoms with van der Waals surface area (Å²) < 4.78 is 5.10. The van der Waals surface area contributed by atoms with Gasteiger partial charge in [-0.1, -0.05) is 26.0 Å². The number of carbonyl (C=O) groups excluding carboxylic acids is 1. The lowest BCUT2D eigenvalue weighted by molar-refractivity contribution is -0.147. The number of methoxy groups -OCH3 is 1. The zero-order valence-corrected chi connectivity index (χ0v) is 15.6. The SMILES string of the molecule is COc1cccc(C[C@H](NC(=O)N(CC(C)C)C[C@H](O)C(=O)O)C(=O)O)c1. The highest BCUT2D eigenvalue weighted by Gasteiger charge is 2.27. The number of carboxylic acid groups (broad SMARTS) is 2. The molecule has 0 radical (unpaired) electrons. The standard InChI is InChI=1S/C18H26N2O7/c1-11(2)9-20(10-15(21)17(24)25)18(26)19-14(16(22)23)8-12-5-4-6-13(7-12)27-3/h4-7,11,14-15,21H,8-10H2,1-3H3,(H,19,26)(H,22,23)(H,24,25)/t14-,15-/m0/s1. The van der Waals surface area contributed by atoms with Crippen molar-refractivity contribution in [2.75, 3.05) is 20.2 Å². The molecule has 150 valence electrons. The minimum absolute atomic E-state index is 0.00147. The molecule has 1 aromatic carbocycles. The van der Waals surface area contributed by atoms with E-state index >= 15 is 0 Å². The third-order valence-corrected chi connectivity index (χ3v) is 3.72. The Morgan fingerprint density at radius 2 is 1.81 bits per heavy atom. The normalized spacial score (nSPS) is 12.9. The lowest BCUT2D eigenvalue weighted by atomic mass is 10.1. The van der Waals surface area contributed by atoms with Gasteiger partial charge >= 0.3 is 18.0 Å². The van der Waals surface area contributed by atoms with Crippen LogP contribution in [0.5, 0.6) is 5.75 Å². The van der Waals surface area contributed by atoms with Crippen molar-refractivity contribution >= 4 is 18.0 Å². The van der Waals surface area contributed by atoms with Crippen LogP contribution >= 0.6 is 0 Å². The maximum atomic E-state index is 12.5. The van der Waals surface area contributed by atoms with Crippen LogP contribution in [-0.2, 0) is 16.0 Å². The number of carbonyl (C=O) groups is 3. The van der Waals surface area contributed by atoms with E-state index in [1.54, 1.807) is 24.3 Å². The molecule has 0 unspecified atom stereocenters. The fraction of sp³-hybridized carbons (Fsp3) is 0.500. The van der Waals surface area contributed by atoms with Crippen molar-refractivity contribution in [2.24, 2.45) is 5.92 Å². The van der Waals surface area contributed by atoms with Gasteiger partial charge in [0.2, 0.25) is 0 Å². The van der Waals surface area contributed by atoms with E-state index in [0.29, 0.717) is 11.3 Å². The second-order valence-corrected chi connectivity index (χ2v) is 6.55. The van der Waals surface area contributed by atoms with Crippen LogP contribution in [0.3, 0.4) is 0 Å². The molecule has 0 aliphatic rings. The number of urea groups is 1. The Bertz CT molecular complexity index is 663. The Morgan fingerprint density at radius 3 is 2.33 bits per heavy atom. The molecule has 2 amide bonds. The number of ether oxygens (including phenoxy) is 1. The Hall–Kier alpha value is -2.81. The minimum atomic E-state index is -1.75. The molecule has 4 N–H and O–H groups in total. The Morgan fingerprint density at radius 1 is 1.15 bits per heavy atom. The Balaban J connectivity index is 2.89. The Labute approximate surface area is 157 Å². The van der Waals surface area contributed by atoms with Crippen LogP contribution in [-0.4, -0.2) is 70.5 Å². The third kappa shape index (κ3) is 7.53. The van der Waals surface area contributed by atoms with Crippen molar-refractivity contribution in [1.29, 1.82) is 0 Å². The summed E-state index contributed by atoms with van der Waals surface area (Å²) in [6.07, 6.45) is -1.73. The number of rotatable bonds is 10. The van der Waals surface area contributed by atoms with Crippen LogP contribution < -0.4 is 10.1 Å². The molecule has 0 aliphatic heterocycles. The third-order valence-electron chi connectivity index (χ3n) is 3.72. The van der Waals surface area contributed by atoms with Gasteiger partial charge in [-0.05, 0) is 23.6 Å². The van der Waals surface area contributed by atoms with Crippen molar-refractivity contribution in [1.82, 2.24) is 10.2 Å². The summed E-state index contributed by atoms with van der Waals surface area (Å²) in [6.45, 7) is 3.36. The lowest BCUT2D eigenvalue weighted by Crippen LogP contribution is -2.52. The van der Waals surface area contributed by atoms with E-state index in [1.807, 2.05) is 13.8 Å². The van der Waals surface area contributed by atoms with E-state index in [9.17, 15) is 24.6 Å². The first-order valence-corrected chi connectivity index (χ1v) is 8.46. The van der Waals surface area contributed by atoms with E-state index in [-0.39, 0.29) is 18.9 Å². The predicted octanol–water partition coefficient (Wildman–Crippen LogP) is 0.804. The summed E-state index contributed by atoms with van der Waals surface area (Å²) in [6, 6.07) is 4.84. The molecule has 0 aromatic heterocycles. The highest BCUT2D eigenvalue weighted by atomic mass is 16.5. The highest BCUT2D eigenvalue weighted by Crippen LogP contribution is 2.14. The number of aliphatic hydroxyl groups excluding tert-OH is 1. The first kappa shape index (κ1) is 22.2. The van der Waals surface area contributed by atoms with Crippen molar-refractivity contribution in [3.8, 4) is 5.75 Å².